The van der Waals surface area contributed by atoms with Gasteiger partial charge in [-0.1, -0.05) is 66.8 Å². The van der Waals surface area contributed by atoms with Crippen molar-refractivity contribution in [2.75, 3.05) is 4.43 Å². The lowest BCUT2D eigenvalue weighted by Crippen LogP contribution is -1.80. The molecule has 0 radical (unpaired) electrons. The Kier molecular flexibility index (Phi) is 12.9. The molecule has 0 aliphatic heterocycles. The van der Waals surface area contributed by atoms with E-state index in [4.69, 9.17) is 0 Å². The van der Waals surface area contributed by atoms with E-state index in [0.29, 0.717) is 0 Å². The van der Waals surface area contributed by atoms with E-state index in [1.54, 1.807) is 0 Å². The van der Waals surface area contributed by atoms with Gasteiger partial charge in [-0.05, 0) is 30.6 Å². The Morgan fingerprint density at radius 3 is 1.92 bits per heavy atom. The molecule has 0 aromatic carbocycles. The molecule has 0 bridgehead atoms. The zero-order chi connectivity index (χ0) is 9.78. The Balaban J connectivity index is 2.83. The lowest BCUT2D eigenvalue weighted by atomic mass is 10.1. The molecule has 0 heterocycles. The van der Waals surface area contributed by atoms with Crippen molar-refractivity contribution in [1.29, 1.82) is 0 Å². The van der Waals surface area contributed by atoms with Gasteiger partial charge in [0.2, 0.25) is 0 Å². The molecule has 0 atom stereocenters. The minimum absolute atomic E-state index is 1.28. The van der Waals surface area contributed by atoms with E-state index in [1.165, 1.54) is 55.8 Å². The number of allylic oxidation sites excluding steroid dienone is 2. The molecule has 0 saturated heterocycles. The summed E-state index contributed by atoms with van der Waals surface area (Å²) in [5.74, 6) is 0. The minimum Gasteiger partial charge on any atom is -0.0917 e. The van der Waals surface area contributed by atoms with Gasteiger partial charge in [0.25, 0.3) is 0 Å². The Hall–Kier alpha value is 0.470. The second-order valence-electron chi connectivity index (χ2n) is 3.52. The largest absolute Gasteiger partial charge is 0.0917 e. The summed E-state index contributed by atoms with van der Waals surface area (Å²) in [6, 6.07) is 0. The van der Waals surface area contributed by atoms with Gasteiger partial charge in [0.1, 0.15) is 0 Å². The maximum Gasteiger partial charge on any atom is -0.000473 e. The first-order chi connectivity index (χ1) is 6.41. The van der Waals surface area contributed by atoms with E-state index in [9.17, 15) is 0 Å². The highest BCUT2D eigenvalue weighted by molar-refractivity contribution is 14.1. The summed E-state index contributed by atoms with van der Waals surface area (Å²) in [5.41, 5.74) is 0. The van der Waals surface area contributed by atoms with Crippen LogP contribution in [0.2, 0.25) is 0 Å². The van der Waals surface area contributed by atoms with Crippen LogP contribution in [0.15, 0.2) is 12.2 Å². The van der Waals surface area contributed by atoms with Crippen LogP contribution >= 0.6 is 22.6 Å². The second-order valence-corrected chi connectivity index (χ2v) is 4.60. The molecule has 0 rings (SSSR count). The van der Waals surface area contributed by atoms with Crippen molar-refractivity contribution in [3.8, 4) is 0 Å². The Labute approximate surface area is 97.3 Å². The summed E-state index contributed by atoms with van der Waals surface area (Å²) >= 11 is 2.46. The van der Waals surface area contributed by atoms with Gasteiger partial charge in [0.15, 0.2) is 0 Å². The molecular weight excluding hydrogens is 271 g/mol. The monoisotopic (exact) mass is 294 g/mol. The number of unbranched alkanes of at least 4 members (excludes halogenated alkanes) is 7. The normalized spacial score (nSPS) is 11.2. The van der Waals surface area contributed by atoms with Crippen LogP contribution in [-0.2, 0) is 0 Å². The van der Waals surface area contributed by atoms with Gasteiger partial charge in [-0.2, -0.15) is 0 Å². The number of hydrogen-bond acceptors (Lipinski definition) is 0. The molecule has 0 fully saturated rings. The molecular formula is C12H23I. The molecule has 0 amide bonds. The molecule has 0 aromatic heterocycles. The topological polar surface area (TPSA) is 0 Å². The van der Waals surface area contributed by atoms with Crippen LogP contribution in [-0.4, -0.2) is 4.43 Å². The molecule has 13 heavy (non-hydrogen) atoms. The molecule has 0 unspecified atom stereocenters. The second kappa shape index (κ2) is 12.5. The Bertz CT molecular complexity index is 108. The zero-order valence-electron chi connectivity index (χ0n) is 8.90. The quantitative estimate of drug-likeness (QED) is 0.240. The maximum absolute atomic E-state index is 2.46. The highest BCUT2D eigenvalue weighted by Gasteiger charge is 1.89. The van der Waals surface area contributed by atoms with E-state index in [-0.39, 0.29) is 0 Å². The third-order valence-corrected chi connectivity index (χ3v) is 3.00. The lowest BCUT2D eigenvalue weighted by Gasteiger charge is -1.99. The van der Waals surface area contributed by atoms with Gasteiger partial charge in [-0.3, -0.25) is 0 Å². The number of hydrogen-bond donors (Lipinski definition) is 0. The molecule has 0 aliphatic rings. The van der Waals surface area contributed by atoms with Crippen LogP contribution in [0, 0.1) is 0 Å². The minimum atomic E-state index is 1.28. The molecule has 78 valence electrons. The summed E-state index contributed by atoms with van der Waals surface area (Å²) in [7, 11) is 0. The average Bonchev–Trinajstić information content (AvgIpc) is 2.16. The van der Waals surface area contributed by atoms with Crippen LogP contribution in [0.5, 0.6) is 0 Å². The molecule has 0 saturated carbocycles. The highest BCUT2D eigenvalue weighted by Crippen LogP contribution is 2.09. The first-order valence-electron chi connectivity index (χ1n) is 5.59. The molecule has 0 aliphatic carbocycles. The average molecular weight is 294 g/mol. The lowest BCUT2D eigenvalue weighted by molar-refractivity contribution is 0.594. The smallest absolute Gasteiger partial charge is 0.000473 e. The summed E-state index contributed by atoms with van der Waals surface area (Å²) in [5, 5.41) is 0. The van der Waals surface area contributed by atoms with E-state index >= 15 is 0 Å². The van der Waals surface area contributed by atoms with Crippen LogP contribution in [0.25, 0.3) is 0 Å². The fourth-order valence-electron chi connectivity index (χ4n) is 1.41. The predicted molar refractivity (Wildman–Crippen MR) is 70.6 cm³/mol. The van der Waals surface area contributed by atoms with Gasteiger partial charge < -0.3 is 0 Å². The van der Waals surface area contributed by atoms with E-state index < -0.39 is 0 Å². The summed E-state index contributed by atoms with van der Waals surface area (Å²) in [4.78, 5) is 0. The van der Waals surface area contributed by atoms with E-state index in [1.807, 2.05) is 0 Å². The number of halogens is 1. The van der Waals surface area contributed by atoms with Crippen LogP contribution < -0.4 is 0 Å². The Morgan fingerprint density at radius 2 is 1.38 bits per heavy atom. The first-order valence-corrected chi connectivity index (χ1v) is 7.11. The van der Waals surface area contributed by atoms with Gasteiger partial charge in [0, 0.05) is 0 Å². The molecule has 0 aromatic rings. The van der Waals surface area contributed by atoms with Crippen molar-refractivity contribution < 1.29 is 0 Å². The Morgan fingerprint density at radius 1 is 0.846 bits per heavy atom. The molecule has 0 spiro atoms. The molecule has 0 nitrogen and oxygen atoms in total. The van der Waals surface area contributed by atoms with Gasteiger partial charge in [-0.25, -0.2) is 0 Å². The summed E-state index contributed by atoms with van der Waals surface area (Å²) < 4.78 is 1.33. The van der Waals surface area contributed by atoms with Crippen molar-refractivity contribution in [3.63, 3.8) is 0 Å². The van der Waals surface area contributed by atoms with Crippen LogP contribution in [0.1, 0.15) is 58.3 Å². The third kappa shape index (κ3) is 12.5. The van der Waals surface area contributed by atoms with Crippen LogP contribution in [0.4, 0.5) is 0 Å². The molecule has 0 N–H and O–H groups in total. The summed E-state index contributed by atoms with van der Waals surface area (Å²) in [6.07, 6.45) is 15.7. The molecule has 1 heteroatoms. The standard InChI is InChI=1S/C12H23I/c1-2-3-4-5-6-7-8-9-10-11-12-13/h2-3H,4-12H2,1H3. The van der Waals surface area contributed by atoms with Crippen molar-refractivity contribution in [3.05, 3.63) is 12.2 Å². The van der Waals surface area contributed by atoms with Crippen LogP contribution in [0.3, 0.4) is 0 Å². The predicted octanol–water partition coefficient (Wildman–Crippen LogP) is 5.12. The fraction of sp³-hybridized carbons (Fsp3) is 0.833. The third-order valence-electron chi connectivity index (χ3n) is 2.24. The maximum atomic E-state index is 2.46. The summed E-state index contributed by atoms with van der Waals surface area (Å²) in [6.45, 7) is 2.10. The van der Waals surface area contributed by atoms with Gasteiger partial charge in [0.05, 0.1) is 0 Å². The number of rotatable bonds is 9. The van der Waals surface area contributed by atoms with Crippen molar-refractivity contribution >= 4 is 22.6 Å². The van der Waals surface area contributed by atoms with E-state index in [0.717, 1.165) is 0 Å². The van der Waals surface area contributed by atoms with Crippen molar-refractivity contribution in [2.24, 2.45) is 0 Å². The first kappa shape index (κ1) is 13.5. The SMILES string of the molecule is CC=CCCCCCCCCCI. The van der Waals surface area contributed by atoms with Crippen molar-refractivity contribution in [1.82, 2.24) is 0 Å². The van der Waals surface area contributed by atoms with Crippen molar-refractivity contribution in [2.45, 2.75) is 58.3 Å². The highest BCUT2D eigenvalue weighted by atomic mass is 127. The van der Waals surface area contributed by atoms with Gasteiger partial charge in [-0.15, -0.1) is 0 Å². The van der Waals surface area contributed by atoms with Gasteiger partial charge >= 0.3 is 0 Å². The van der Waals surface area contributed by atoms with E-state index in [2.05, 4.69) is 41.7 Å². The zero-order valence-corrected chi connectivity index (χ0v) is 11.1. The number of alkyl halides is 1. The fourth-order valence-corrected chi connectivity index (χ4v) is 1.95.